The van der Waals surface area contributed by atoms with Gasteiger partial charge in [-0.3, -0.25) is 9.58 Å². The standard InChI is InChI=1S/C16H22N8O/c1-20(2)14-6-15(18-11-17-14)22-8-13(9-22)24-10-12(7-19-24)23-5-4-21(3)16(23)25/h6-7,10-11,13H,4-5,8-9H2,1-3H3. The van der Waals surface area contributed by atoms with Gasteiger partial charge in [0.1, 0.15) is 18.0 Å². The summed E-state index contributed by atoms with van der Waals surface area (Å²) in [4.78, 5) is 28.3. The Morgan fingerprint density at radius 3 is 2.68 bits per heavy atom. The summed E-state index contributed by atoms with van der Waals surface area (Å²) in [6.45, 7) is 3.16. The molecule has 0 saturated carbocycles. The van der Waals surface area contributed by atoms with Crippen molar-refractivity contribution in [3.8, 4) is 0 Å². The molecule has 0 spiro atoms. The second-order valence-corrected chi connectivity index (χ2v) is 6.72. The van der Waals surface area contributed by atoms with E-state index in [1.54, 1.807) is 22.3 Å². The third-order valence-electron chi connectivity index (χ3n) is 4.77. The van der Waals surface area contributed by atoms with Crippen LogP contribution in [0, 0.1) is 0 Å². The number of likely N-dealkylation sites (N-methyl/N-ethyl adjacent to an activating group) is 1. The molecule has 4 rings (SSSR count). The van der Waals surface area contributed by atoms with E-state index in [9.17, 15) is 4.79 Å². The van der Waals surface area contributed by atoms with E-state index in [2.05, 4.69) is 20.0 Å². The summed E-state index contributed by atoms with van der Waals surface area (Å²) in [6, 6.07) is 2.32. The number of aromatic nitrogens is 4. The molecule has 0 bridgehead atoms. The number of carbonyl (C=O) groups excluding carboxylic acids is 1. The summed E-state index contributed by atoms with van der Waals surface area (Å²) in [5.74, 6) is 1.82. The monoisotopic (exact) mass is 342 g/mol. The second kappa shape index (κ2) is 5.91. The van der Waals surface area contributed by atoms with E-state index in [-0.39, 0.29) is 6.03 Å². The Kier molecular flexibility index (Phi) is 3.70. The van der Waals surface area contributed by atoms with E-state index < -0.39 is 0 Å². The van der Waals surface area contributed by atoms with Crippen LogP contribution in [0.15, 0.2) is 24.8 Å². The Morgan fingerprint density at radius 2 is 2.00 bits per heavy atom. The topological polar surface area (TPSA) is 73.6 Å². The van der Waals surface area contributed by atoms with Gasteiger partial charge < -0.3 is 14.7 Å². The summed E-state index contributed by atoms with van der Waals surface area (Å²) in [5.41, 5.74) is 0.865. The van der Waals surface area contributed by atoms with Gasteiger partial charge in [0.25, 0.3) is 0 Å². The molecule has 132 valence electrons. The first-order chi connectivity index (χ1) is 12.0. The first-order valence-corrected chi connectivity index (χ1v) is 8.34. The van der Waals surface area contributed by atoms with E-state index in [1.807, 2.05) is 43.0 Å². The fraction of sp³-hybridized carbons (Fsp3) is 0.500. The quantitative estimate of drug-likeness (QED) is 0.813. The molecule has 2 aromatic rings. The lowest BCUT2D eigenvalue weighted by Gasteiger charge is -2.40. The van der Waals surface area contributed by atoms with Crippen molar-refractivity contribution in [2.45, 2.75) is 6.04 Å². The average Bonchev–Trinajstić information content (AvgIpc) is 3.14. The van der Waals surface area contributed by atoms with Crippen LogP contribution in [0.1, 0.15) is 6.04 Å². The van der Waals surface area contributed by atoms with Gasteiger partial charge in [0.15, 0.2) is 0 Å². The van der Waals surface area contributed by atoms with Crippen molar-refractivity contribution in [3.05, 3.63) is 24.8 Å². The zero-order valence-corrected chi connectivity index (χ0v) is 14.7. The number of hydrogen-bond acceptors (Lipinski definition) is 6. The van der Waals surface area contributed by atoms with Crippen LogP contribution in [0.25, 0.3) is 0 Å². The predicted octanol–water partition coefficient (Wildman–Crippen LogP) is 0.672. The van der Waals surface area contributed by atoms with Crippen LogP contribution < -0.4 is 14.7 Å². The zero-order chi connectivity index (χ0) is 17.6. The van der Waals surface area contributed by atoms with E-state index >= 15 is 0 Å². The molecule has 2 aromatic heterocycles. The highest BCUT2D eigenvalue weighted by molar-refractivity contribution is 5.93. The number of carbonyl (C=O) groups is 1. The lowest BCUT2D eigenvalue weighted by molar-refractivity contribution is 0.229. The largest absolute Gasteiger partial charge is 0.363 e. The molecule has 0 atom stereocenters. The van der Waals surface area contributed by atoms with Crippen molar-refractivity contribution in [1.29, 1.82) is 0 Å². The number of hydrogen-bond donors (Lipinski definition) is 0. The molecule has 2 saturated heterocycles. The van der Waals surface area contributed by atoms with Gasteiger partial charge in [0, 0.05) is 59.6 Å². The van der Waals surface area contributed by atoms with E-state index in [0.717, 1.165) is 37.0 Å². The van der Waals surface area contributed by atoms with Crippen molar-refractivity contribution in [1.82, 2.24) is 24.6 Å². The molecule has 25 heavy (non-hydrogen) atoms. The number of anilines is 3. The highest BCUT2D eigenvalue weighted by Crippen LogP contribution is 2.29. The van der Waals surface area contributed by atoms with Gasteiger partial charge in [-0.15, -0.1) is 0 Å². The van der Waals surface area contributed by atoms with Crippen molar-refractivity contribution in [2.75, 3.05) is 62.0 Å². The van der Waals surface area contributed by atoms with Crippen molar-refractivity contribution < 1.29 is 4.79 Å². The lowest BCUT2D eigenvalue weighted by Crippen LogP contribution is -2.48. The molecule has 2 aliphatic rings. The normalized spacial score (nSPS) is 18.0. The maximum atomic E-state index is 12.1. The molecular weight excluding hydrogens is 320 g/mol. The fourth-order valence-corrected chi connectivity index (χ4v) is 3.12. The van der Waals surface area contributed by atoms with Crippen LogP contribution in [-0.2, 0) is 0 Å². The molecule has 9 heteroatoms. The molecule has 0 aliphatic carbocycles. The van der Waals surface area contributed by atoms with Gasteiger partial charge in [0.05, 0.1) is 17.9 Å². The summed E-state index contributed by atoms with van der Waals surface area (Å²) in [5, 5.41) is 4.45. The van der Waals surface area contributed by atoms with Crippen LogP contribution in [0.2, 0.25) is 0 Å². The highest BCUT2D eigenvalue weighted by Gasteiger charge is 2.32. The Morgan fingerprint density at radius 1 is 1.20 bits per heavy atom. The molecule has 4 heterocycles. The van der Waals surface area contributed by atoms with E-state index in [1.165, 1.54) is 0 Å². The predicted molar refractivity (Wildman–Crippen MR) is 95.2 cm³/mol. The van der Waals surface area contributed by atoms with Crippen LogP contribution in [0.3, 0.4) is 0 Å². The Bertz CT molecular complexity index is 782. The fourth-order valence-electron chi connectivity index (χ4n) is 3.12. The van der Waals surface area contributed by atoms with Crippen LogP contribution >= 0.6 is 0 Å². The minimum Gasteiger partial charge on any atom is -0.363 e. The van der Waals surface area contributed by atoms with Crippen molar-refractivity contribution in [2.24, 2.45) is 0 Å². The Hall–Kier alpha value is -2.84. The van der Waals surface area contributed by atoms with E-state index in [4.69, 9.17) is 0 Å². The van der Waals surface area contributed by atoms with Gasteiger partial charge in [-0.1, -0.05) is 0 Å². The SMILES string of the molecule is CN1CCN(c2cnn(C3CN(c4cc(N(C)C)ncn4)C3)c2)C1=O. The van der Waals surface area contributed by atoms with Crippen LogP contribution in [0.4, 0.5) is 22.1 Å². The summed E-state index contributed by atoms with van der Waals surface area (Å²) >= 11 is 0. The number of amides is 2. The minimum absolute atomic E-state index is 0.0342. The van der Waals surface area contributed by atoms with Gasteiger partial charge in [-0.2, -0.15) is 5.10 Å². The Balaban J connectivity index is 1.41. The van der Waals surface area contributed by atoms with Crippen LogP contribution in [0.5, 0.6) is 0 Å². The molecule has 0 radical (unpaired) electrons. The molecule has 0 unspecified atom stereocenters. The highest BCUT2D eigenvalue weighted by atomic mass is 16.2. The third-order valence-corrected chi connectivity index (χ3v) is 4.77. The molecular formula is C16H22N8O. The van der Waals surface area contributed by atoms with Crippen molar-refractivity contribution in [3.63, 3.8) is 0 Å². The maximum absolute atomic E-state index is 12.1. The molecule has 2 amide bonds. The average molecular weight is 342 g/mol. The van der Waals surface area contributed by atoms with Gasteiger partial charge in [-0.05, 0) is 0 Å². The first-order valence-electron chi connectivity index (χ1n) is 8.34. The zero-order valence-electron chi connectivity index (χ0n) is 14.7. The van der Waals surface area contributed by atoms with Gasteiger partial charge in [0.2, 0.25) is 0 Å². The summed E-state index contributed by atoms with van der Waals surface area (Å²) in [7, 11) is 5.75. The minimum atomic E-state index is 0.0342. The third kappa shape index (κ3) is 2.75. The smallest absolute Gasteiger partial charge is 0.324 e. The lowest BCUT2D eigenvalue weighted by atomic mass is 10.1. The van der Waals surface area contributed by atoms with Gasteiger partial charge in [-0.25, -0.2) is 14.8 Å². The first kappa shape index (κ1) is 15.7. The van der Waals surface area contributed by atoms with E-state index in [0.29, 0.717) is 12.6 Å². The molecule has 2 fully saturated rings. The maximum Gasteiger partial charge on any atom is 0.324 e. The molecule has 0 aromatic carbocycles. The number of urea groups is 1. The number of nitrogens with zero attached hydrogens (tertiary/aromatic N) is 8. The second-order valence-electron chi connectivity index (χ2n) is 6.72. The van der Waals surface area contributed by atoms with Crippen molar-refractivity contribution >= 4 is 23.4 Å². The molecule has 0 N–H and O–H groups in total. The molecule has 9 nitrogen and oxygen atoms in total. The summed E-state index contributed by atoms with van der Waals surface area (Å²) in [6.07, 6.45) is 5.33. The Labute approximate surface area is 146 Å². The molecule has 2 aliphatic heterocycles. The number of rotatable bonds is 4. The van der Waals surface area contributed by atoms with Crippen LogP contribution in [-0.4, -0.2) is 78.0 Å². The van der Waals surface area contributed by atoms with Gasteiger partial charge >= 0.3 is 6.03 Å². The summed E-state index contributed by atoms with van der Waals surface area (Å²) < 4.78 is 1.95.